The highest BCUT2D eigenvalue weighted by Crippen LogP contribution is 2.42. The molecule has 2 amide bonds. The lowest BCUT2D eigenvalue weighted by Crippen LogP contribution is -2.42. The van der Waals surface area contributed by atoms with E-state index in [1.54, 1.807) is 24.3 Å². The predicted octanol–water partition coefficient (Wildman–Crippen LogP) is 6.16. The maximum atomic E-state index is 12.6. The highest BCUT2D eigenvalue weighted by molar-refractivity contribution is 6.39. The molecule has 1 fully saturated rings. The minimum atomic E-state index is -0.943. The molecule has 2 atom stereocenters. The number of halogens is 3. The van der Waals surface area contributed by atoms with Gasteiger partial charge in [-0.05, 0) is 30.2 Å². The van der Waals surface area contributed by atoms with Crippen LogP contribution in [-0.4, -0.2) is 51.9 Å². The number of nitrogens with two attached hydrogens (primary N) is 1. The molecule has 3 aromatic heterocycles. The zero-order chi connectivity index (χ0) is 34.1. The summed E-state index contributed by atoms with van der Waals surface area (Å²) >= 11 is 20.1. The number of pyridine rings is 2. The number of fused-ring (bicyclic) bond motifs is 1. The Bertz CT molecular complexity index is 2170. The second-order valence-corrected chi connectivity index (χ2v) is 12.1. The summed E-state index contributed by atoms with van der Waals surface area (Å²) in [4.78, 5) is 56.3. The van der Waals surface area contributed by atoms with Crippen molar-refractivity contribution in [1.82, 2.24) is 19.7 Å². The molecule has 0 aliphatic carbocycles. The maximum Gasteiger partial charge on any atom is 0.404 e. The fourth-order valence-electron chi connectivity index (χ4n) is 5.79. The number of aldehydes is 1. The summed E-state index contributed by atoms with van der Waals surface area (Å²) in [6.45, 7) is 0. The molecule has 0 spiro atoms. The molecular formula is C34H26Cl3N5O6. The molecule has 1 aliphatic rings. The second-order valence-electron chi connectivity index (χ2n) is 11.0. The molecule has 3 N–H and O–H groups in total. The van der Waals surface area contributed by atoms with Gasteiger partial charge >= 0.3 is 6.09 Å². The molecule has 14 heteroatoms. The number of primary amides is 1. The number of methoxy groups -OCH3 is 1. The first kappa shape index (κ1) is 33.0. The number of amides is 2. The van der Waals surface area contributed by atoms with Crippen LogP contribution in [0.2, 0.25) is 15.2 Å². The van der Waals surface area contributed by atoms with Gasteiger partial charge < -0.3 is 20.5 Å². The summed E-state index contributed by atoms with van der Waals surface area (Å²) in [7, 11) is 1.48. The van der Waals surface area contributed by atoms with E-state index in [4.69, 9.17) is 55.0 Å². The number of nitrogens with zero attached hydrogens (tertiary/aromatic N) is 3. The molecule has 1 saturated heterocycles. The van der Waals surface area contributed by atoms with E-state index in [1.165, 1.54) is 17.7 Å². The van der Waals surface area contributed by atoms with Crippen molar-refractivity contribution in [3.8, 4) is 39.4 Å². The van der Waals surface area contributed by atoms with Crippen molar-refractivity contribution in [3.63, 3.8) is 0 Å². The lowest BCUT2D eigenvalue weighted by Gasteiger charge is -2.23. The van der Waals surface area contributed by atoms with Gasteiger partial charge in [0.1, 0.15) is 22.5 Å². The molecule has 0 saturated carbocycles. The van der Waals surface area contributed by atoms with Gasteiger partial charge in [-0.1, -0.05) is 77.3 Å². The van der Waals surface area contributed by atoms with E-state index in [2.05, 4.69) is 10.3 Å². The topological polar surface area (TPSA) is 155 Å². The van der Waals surface area contributed by atoms with Gasteiger partial charge in [-0.25, -0.2) is 14.8 Å². The molecular weight excluding hydrogens is 681 g/mol. The Balaban J connectivity index is 1.34. The Morgan fingerprint density at radius 2 is 1.71 bits per heavy atom. The second kappa shape index (κ2) is 13.6. The number of carbonyl (C=O) groups is 3. The van der Waals surface area contributed by atoms with Crippen molar-refractivity contribution in [3.05, 3.63) is 104 Å². The van der Waals surface area contributed by atoms with Gasteiger partial charge in [-0.2, -0.15) is 0 Å². The van der Waals surface area contributed by atoms with E-state index in [1.807, 2.05) is 36.4 Å². The normalized spacial score (nSPS) is 14.8. The first-order valence-corrected chi connectivity index (χ1v) is 15.8. The molecule has 5 aromatic rings. The van der Waals surface area contributed by atoms with Crippen molar-refractivity contribution < 1.29 is 23.9 Å². The van der Waals surface area contributed by atoms with E-state index in [0.29, 0.717) is 74.1 Å². The van der Waals surface area contributed by atoms with Crippen LogP contribution in [-0.2, 0) is 16.0 Å². The average molecular weight is 707 g/mol. The minimum absolute atomic E-state index is 0.121. The van der Waals surface area contributed by atoms with Crippen LogP contribution in [0.5, 0.6) is 5.88 Å². The van der Waals surface area contributed by atoms with Crippen LogP contribution in [0, 0.1) is 0 Å². The number of benzene rings is 2. The molecule has 2 aromatic carbocycles. The van der Waals surface area contributed by atoms with E-state index >= 15 is 0 Å². The van der Waals surface area contributed by atoms with E-state index in [9.17, 15) is 19.2 Å². The minimum Gasteiger partial charge on any atom is -0.481 e. The van der Waals surface area contributed by atoms with Crippen LogP contribution in [0.4, 0.5) is 4.79 Å². The average Bonchev–Trinajstić information content (AvgIpc) is 3.51. The first-order valence-electron chi connectivity index (χ1n) is 14.6. The van der Waals surface area contributed by atoms with Crippen molar-refractivity contribution in [2.45, 2.75) is 31.4 Å². The Morgan fingerprint density at radius 1 is 1.02 bits per heavy atom. The number of hydrogen-bond acceptors (Lipinski definition) is 8. The summed E-state index contributed by atoms with van der Waals surface area (Å²) in [5.41, 5.74) is 9.16. The van der Waals surface area contributed by atoms with Crippen LogP contribution in [0.25, 0.3) is 39.2 Å². The Kier molecular flexibility index (Phi) is 9.36. The summed E-state index contributed by atoms with van der Waals surface area (Å²) < 4.78 is 12.2. The zero-order valence-corrected chi connectivity index (χ0v) is 27.5. The van der Waals surface area contributed by atoms with Crippen molar-refractivity contribution in [1.29, 1.82) is 0 Å². The van der Waals surface area contributed by atoms with Gasteiger partial charge in [0.25, 0.3) is 5.56 Å². The summed E-state index contributed by atoms with van der Waals surface area (Å²) in [6.07, 6.45) is 1.29. The van der Waals surface area contributed by atoms with Gasteiger partial charge in [-0.15, -0.1) is 0 Å². The fourth-order valence-corrected chi connectivity index (χ4v) is 6.67. The highest BCUT2D eigenvalue weighted by atomic mass is 35.5. The number of rotatable bonds is 9. The van der Waals surface area contributed by atoms with Crippen LogP contribution >= 0.6 is 34.8 Å². The zero-order valence-electron chi connectivity index (χ0n) is 25.2. The lowest BCUT2D eigenvalue weighted by atomic mass is 9.96. The van der Waals surface area contributed by atoms with Gasteiger partial charge in [0, 0.05) is 46.9 Å². The highest BCUT2D eigenvalue weighted by Gasteiger charge is 2.32. The molecule has 2 unspecified atom stereocenters. The molecule has 4 heterocycles. The summed E-state index contributed by atoms with van der Waals surface area (Å²) in [5.74, 6) is 0.171. The monoisotopic (exact) mass is 705 g/mol. The number of carbonyl (C=O) groups excluding carboxylic acids is 3. The van der Waals surface area contributed by atoms with E-state index < -0.39 is 17.8 Å². The molecule has 244 valence electrons. The SMILES string of the molecule is COc1nc(-c2cccc(-c3cccc(-c4ccn5c(=O)c(C=O)c(Cl)nc5c4)c3Cl)c2Cl)ccc1CC(OC(N)=O)C1CCC(=O)N1. The van der Waals surface area contributed by atoms with Crippen molar-refractivity contribution in [2.24, 2.45) is 5.73 Å². The molecule has 6 rings (SSSR count). The maximum absolute atomic E-state index is 12.6. The molecule has 0 bridgehead atoms. The number of hydrogen-bond donors (Lipinski definition) is 2. The summed E-state index contributed by atoms with van der Waals surface area (Å²) in [6, 6.07) is 17.5. The summed E-state index contributed by atoms with van der Waals surface area (Å²) in [5, 5.41) is 3.43. The standard InChI is InChI=1S/C34H26Cl3N5O6/c1-47-32-18(14-26(48-34(38)46)25-10-11-28(44)39-25)8-9-24(40-32)22-7-3-6-21(30(22)36)20-5-2-4-19(29(20)35)17-12-13-42-27(15-17)41-31(37)23(16-43)33(42)45/h2-9,12-13,15-16,25-26H,10-11,14H2,1H3,(H2,38,46)(H,39,44). The largest absolute Gasteiger partial charge is 0.481 e. The van der Waals surface area contributed by atoms with E-state index in [0.717, 1.165) is 0 Å². The number of aromatic nitrogens is 3. The van der Waals surface area contributed by atoms with Gasteiger partial charge in [0.05, 0.1) is 28.9 Å². The molecule has 0 radical (unpaired) electrons. The van der Waals surface area contributed by atoms with Crippen LogP contribution in [0.15, 0.2) is 71.7 Å². The Hall–Kier alpha value is -4.97. The van der Waals surface area contributed by atoms with Crippen molar-refractivity contribution >= 4 is 58.7 Å². The quantitative estimate of drug-likeness (QED) is 0.137. The third-order valence-electron chi connectivity index (χ3n) is 8.11. The number of ether oxygens (including phenoxy) is 2. The van der Waals surface area contributed by atoms with Gasteiger partial charge in [-0.3, -0.25) is 18.8 Å². The van der Waals surface area contributed by atoms with Crippen LogP contribution in [0.3, 0.4) is 0 Å². The molecule has 48 heavy (non-hydrogen) atoms. The number of nitrogens with one attached hydrogen (secondary N) is 1. The van der Waals surface area contributed by atoms with Crippen LogP contribution < -0.4 is 21.3 Å². The smallest absolute Gasteiger partial charge is 0.404 e. The van der Waals surface area contributed by atoms with Crippen molar-refractivity contribution in [2.75, 3.05) is 7.11 Å². The lowest BCUT2D eigenvalue weighted by molar-refractivity contribution is -0.119. The third-order valence-corrected chi connectivity index (χ3v) is 9.21. The van der Waals surface area contributed by atoms with Crippen LogP contribution in [0.1, 0.15) is 28.8 Å². The molecule has 1 aliphatic heterocycles. The van der Waals surface area contributed by atoms with E-state index in [-0.39, 0.29) is 34.7 Å². The van der Waals surface area contributed by atoms with Gasteiger partial charge in [0.15, 0.2) is 6.29 Å². The molecule has 11 nitrogen and oxygen atoms in total. The van der Waals surface area contributed by atoms with Gasteiger partial charge in [0.2, 0.25) is 11.8 Å². The fraction of sp³-hybridized carbons (Fsp3) is 0.176. The Morgan fingerprint density at radius 3 is 2.35 bits per heavy atom. The Labute approximate surface area is 288 Å². The first-order chi connectivity index (χ1) is 23.1. The predicted molar refractivity (Wildman–Crippen MR) is 182 cm³/mol. The third kappa shape index (κ3) is 6.32.